The molecule has 0 heterocycles. The first-order chi connectivity index (χ1) is 9.29. The molecule has 20 heavy (non-hydrogen) atoms. The summed E-state index contributed by atoms with van der Waals surface area (Å²) >= 11 is 0. The molecule has 5 heteroatoms. The third kappa shape index (κ3) is 7.04. The summed E-state index contributed by atoms with van der Waals surface area (Å²) in [5.41, 5.74) is 0. The normalized spacial score (nSPS) is 27.9. The number of hydrogen-bond donors (Lipinski definition) is 1. The van der Waals surface area contributed by atoms with Crippen molar-refractivity contribution in [3.63, 3.8) is 0 Å². The van der Waals surface area contributed by atoms with Gasteiger partial charge in [-0.05, 0) is 30.6 Å². The lowest BCUT2D eigenvalue weighted by molar-refractivity contribution is -0.0366. The van der Waals surface area contributed by atoms with Crippen LogP contribution in [0.3, 0.4) is 0 Å². The molecule has 0 aromatic rings. The molecule has 1 aliphatic rings. The highest BCUT2D eigenvalue weighted by atomic mass is 32.2. The third-order valence-corrected chi connectivity index (χ3v) is 5.17. The van der Waals surface area contributed by atoms with Gasteiger partial charge >= 0.3 is 0 Å². The van der Waals surface area contributed by atoms with Crippen molar-refractivity contribution in [2.45, 2.75) is 46.1 Å². The van der Waals surface area contributed by atoms with Crippen molar-refractivity contribution < 1.29 is 13.2 Å². The molecule has 120 valence electrons. The minimum absolute atomic E-state index is 0.197. The van der Waals surface area contributed by atoms with Gasteiger partial charge in [0.2, 0.25) is 0 Å². The van der Waals surface area contributed by atoms with Crippen molar-refractivity contribution in [2.24, 2.45) is 17.8 Å². The zero-order valence-corrected chi connectivity index (χ0v) is 14.2. The minimum Gasteiger partial charge on any atom is -0.377 e. The molecule has 0 radical (unpaired) electrons. The Morgan fingerprint density at radius 2 is 1.95 bits per heavy atom. The lowest BCUT2D eigenvalue weighted by atomic mass is 9.75. The van der Waals surface area contributed by atoms with E-state index in [2.05, 4.69) is 26.1 Å². The van der Waals surface area contributed by atoms with Crippen LogP contribution in [0.4, 0.5) is 0 Å². The van der Waals surface area contributed by atoms with E-state index in [0.717, 1.165) is 18.9 Å². The van der Waals surface area contributed by atoms with Crippen molar-refractivity contribution in [2.75, 3.05) is 31.7 Å². The number of rotatable bonds is 8. The lowest BCUT2D eigenvalue weighted by Crippen LogP contribution is -2.36. The summed E-state index contributed by atoms with van der Waals surface area (Å²) in [6, 6.07) is 0. The average molecular weight is 305 g/mol. The maximum Gasteiger partial charge on any atom is 0.148 e. The summed E-state index contributed by atoms with van der Waals surface area (Å²) in [6.45, 7) is 8.77. The van der Waals surface area contributed by atoms with Crippen LogP contribution in [-0.2, 0) is 14.6 Å². The first kappa shape index (κ1) is 17.9. The molecule has 1 fully saturated rings. The van der Waals surface area contributed by atoms with E-state index in [1.54, 1.807) is 0 Å². The van der Waals surface area contributed by atoms with E-state index in [0.29, 0.717) is 31.1 Å². The van der Waals surface area contributed by atoms with Crippen LogP contribution in [-0.4, -0.2) is 46.2 Å². The van der Waals surface area contributed by atoms with Gasteiger partial charge in [-0.15, -0.1) is 0 Å². The Balaban J connectivity index is 2.21. The van der Waals surface area contributed by atoms with Crippen LogP contribution in [0.15, 0.2) is 0 Å². The number of sulfone groups is 1. The lowest BCUT2D eigenvalue weighted by Gasteiger charge is -2.37. The van der Waals surface area contributed by atoms with E-state index < -0.39 is 9.84 Å². The Morgan fingerprint density at radius 3 is 2.55 bits per heavy atom. The number of hydrogen-bond acceptors (Lipinski definition) is 4. The Hall–Kier alpha value is -0.130. The molecule has 1 aliphatic carbocycles. The van der Waals surface area contributed by atoms with Gasteiger partial charge < -0.3 is 10.1 Å². The van der Waals surface area contributed by atoms with Gasteiger partial charge in [0.1, 0.15) is 9.84 Å². The fraction of sp³-hybridized carbons (Fsp3) is 1.00. The average Bonchev–Trinajstić information content (AvgIpc) is 2.32. The van der Waals surface area contributed by atoms with Crippen LogP contribution in [0.2, 0.25) is 0 Å². The molecule has 1 saturated carbocycles. The van der Waals surface area contributed by atoms with Crippen LogP contribution in [0.5, 0.6) is 0 Å². The summed E-state index contributed by atoms with van der Waals surface area (Å²) in [5.74, 6) is 2.29. The second-order valence-electron chi connectivity index (χ2n) is 6.62. The Kier molecular flexibility index (Phi) is 7.48. The van der Waals surface area contributed by atoms with Gasteiger partial charge in [0.05, 0.1) is 18.5 Å². The van der Waals surface area contributed by atoms with Gasteiger partial charge in [0, 0.05) is 19.3 Å². The van der Waals surface area contributed by atoms with Crippen LogP contribution < -0.4 is 5.32 Å². The molecule has 1 rings (SSSR count). The molecule has 3 unspecified atom stereocenters. The summed E-state index contributed by atoms with van der Waals surface area (Å²) in [4.78, 5) is 0. The first-order valence-corrected chi connectivity index (χ1v) is 9.85. The van der Waals surface area contributed by atoms with Gasteiger partial charge in [-0.3, -0.25) is 0 Å². The summed E-state index contributed by atoms with van der Waals surface area (Å²) < 4.78 is 28.0. The Labute approximate surface area is 124 Å². The predicted molar refractivity (Wildman–Crippen MR) is 83.7 cm³/mol. The van der Waals surface area contributed by atoms with Gasteiger partial charge in [-0.2, -0.15) is 0 Å². The van der Waals surface area contributed by atoms with Crippen LogP contribution in [0.25, 0.3) is 0 Å². The van der Waals surface area contributed by atoms with Crippen molar-refractivity contribution in [3.8, 4) is 0 Å². The second-order valence-corrected chi connectivity index (χ2v) is 8.87. The summed E-state index contributed by atoms with van der Waals surface area (Å²) in [6.07, 6.45) is 5.38. The molecule has 0 aromatic heterocycles. The molecule has 0 saturated heterocycles. The quantitative estimate of drug-likeness (QED) is 0.698. The fourth-order valence-corrected chi connectivity index (χ4v) is 3.49. The SMILES string of the molecule is CC1CCC(C(C)C)C(OCCNCCS(C)(=O)=O)C1. The molecular weight excluding hydrogens is 274 g/mol. The highest BCUT2D eigenvalue weighted by Crippen LogP contribution is 2.35. The maximum atomic E-state index is 11.0. The third-order valence-electron chi connectivity index (χ3n) is 4.22. The molecule has 0 amide bonds. The Morgan fingerprint density at radius 1 is 1.25 bits per heavy atom. The van der Waals surface area contributed by atoms with Crippen molar-refractivity contribution in [1.82, 2.24) is 5.32 Å². The zero-order chi connectivity index (χ0) is 15.2. The van der Waals surface area contributed by atoms with Crippen molar-refractivity contribution in [1.29, 1.82) is 0 Å². The highest BCUT2D eigenvalue weighted by molar-refractivity contribution is 7.90. The van der Waals surface area contributed by atoms with Crippen molar-refractivity contribution in [3.05, 3.63) is 0 Å². The van der Waals surface area contributed by atoms with E-state index in [4.69, 9.17) is 4.74 Å². The molecule has 3 atom stereocenters. The molecule has 0 aromatic carbocycles. The second kappa shape index (κ2) is 8.35. The van der Waals surface area contributed by atoms with Crippen LogP contribution >= 0.6 is 0 Å². The van der Waals surface area contributed by atoms with E-state index >= 15 is 0 Å². The largest absolute Gasteiger partial charge is 0.377 e. The highest BCUT2D eigenvalue weighted by Gasteiger charge is 2.31. The van der Waals surface area contributed by atoms with E-state index in [1.807, 2.05) is 0 Å². The molecule has 0 bridgehead atoms. The zero-order valence-electron chi connectivity index (χ0n) is 13.4. The molecular formula is C15H31NO3S. The van der Waals surface area contributed by atoms with Crippen LogP contribution in [0.1, 0.15) is 40.0 Å². The topological polar surface area (TPSA) is 55.4 Å². The number of nitrogens with one attached hydrogen (secondary N) is 1. The van der Waals surface area contributed by atoms with Gasteiger partial charge in [0.15, 0.2) is 0 Å². The molecule has 4 nitrogen and oxygen atoms in total. The van der Waals surface area contributed by atoms with E-state index in [1.165, 1.54) is 19.1 Å². The van der Waals surface area contributed by atoms with E-state index in [9.17, 15) is 8.42 Å². The fourth-order valence-electron chi connectivity index (χ4n) is 2.97. The summed E-state index contributed by atoms with van der Waals surface area (Å²) in [5, 5.41) is 3.13. The van der Waals surface area contributed by atoms with Crippen LogP contribution in [0, 0.1) is 17.8 Å². The molecule has 0 aliphatic heterocycles. The van der Waals surface area contributed by atoms with Crippen molar-refractivity contribution >= 4 is 9.84 Å². The first-order valence-electron chi connectivity index (χ1n) is 7.79. The monoisotopic (exact) mass is 305 g/mol. The Bertz CT molecular complexity index is 367. The summed E-state index contributed by atoms with van der Waals surface area (Å²) in [7, 11) is -2.86. The number of ether oxygens (including phenoxy) is 1. The van der Waals surface area contributed by atoms with Gasteiger partial charge in [-0.1, -0.05) is 27.2 Å². The van der Waals surface area contributed by atoms with E-state index in [-0.39, 0.29) is 5.75 Å². The molecule has 0 spiro atoms. The smallest absolute Gasteiger partial charge is 0.148 e. The standard InChI is InChI=1S/C15H31NO3S/c1-12(2)14-6-5-13(3)11-15(14)19-9-7-16-8-10-20(4,17)18/h12-16H,5-11H2,1-4H3. The van der Waals surface area contributed by atoms with Gasteiger partial charge in [0.25, 0.3) is 0 Å². The minimum atomic E-state index is -2.86. The maximum absolute atomic E-state index is 11.0. The van der Waals surface area contributed by atoms with Gasteiger partial charge in [-0.25, -0.2) is 8.42 Å². The molecule has 1 N–H and O–H groups in total. The predicted octanol–water partition coefficient (Wildman–Crippen LogP) is 2.10.